The van der Waals surface area contributed by atoms with Gasteiger partial charge in [-0.05, 0) is 17.9 Å². The van der Waals surface area contributed by atoms with Crippen LogP contribution in [0.25, 0.3) is 0 Å². The molecule has 0 bridgehead atoms. The molecule has 15 heavy (non-hydrogen) atoms. The molecule has 0 fully saturated rings. The lowest BCUT2D eigenvalue weighted by Crippen LogP contribution is -2.22. The molecule has 0 aromatic heterocycles. The second-order valence-electron chi connectivity index (χ2n) is 5.27. The van der Waals surface area contributed by atoms with Gasteiger partial charge in [0.05, 0.1) is 0 Å². The third kappa shape index (κ3) is 2.97. The average molecular weight is 211 g/mol. The van der Waals surface area contributed by atoms with Gasteiger partial charge in [0.2, 0.25) is 0 Å². The summed E-state index contributed by atoms with van der Waals surface area (Å²) in [5.74, 6) is 1.79. The van der Waals surface area contributed by atoms with E-state index in [9.17, 15) is 0 Å². The minimum Gasteiger partial charge on any atom is -0.496 e. The molecule has 0 saturated heterocycles. The second-order valence-corrected chi connectivity index (χ2v) is 5.27. The zero-order valence-electron chi connectivity index (χ0n) is 10.8. The normalized spacial score (nSPS) is 19.1. The zero-order chi connectivity index (χ0) is 11.5. The molecule has 2 nitrogen and oxygen atoms in total. The van der Waals surface area contributed by atoms with Crippen molar-refractivity contribution in [1.29, 1.82) is 0 Å². The van der Waals surface area contributed by atoms with Crippen LogP contribution in [0, 0.1) is 11.3 Å². The van der Waals surface area contributed by atoms with Crippen LogP contribution in [-0.4, -0.2) is 19.7 Å². The van der Waals surface area contributed by atoms with Crippen LogP contribution in [0.5, 0.6) is 0 Å². The van der Waals surface area contributed by atoms with Gasteiger partial charge in [0.25, 0.3) is 0 Å². The molecule has 0 spiro atoms. The maximum atomic E-state index is 5.95. The fourth-order valence-corrected chi connectivity index (χ4v) is 1.88. The van der Waals surface area contributed by atoms with Crippen molar-refractivity contribution >= 4 is 0 Å². The van der Waals surface area contributed by atoms with Crippen LogP contribution >= 0.6 is 0 Å². The molecule has 0 saturated carbocycles. The molecular formula is C13H25NO. The molecule has 0 aliphatic carbocycles. The highest BCUT2D eigenvalue weighted by molar-refractivity contribution is 5.19. The minimum absolute atomic E-state index is 0.172. The maximum Gasteiger partial charge on any atom is 0.102 e. The number of nitrogens with one attached hydrogen (secondary N) is 1. The summed E-state index contributed by atoms with van der Waals surface area (Å²) in [6, 6.07) is 0. The van der Waals surface area contributed by atoms with Gasteiger partial charge in [-0.1, -0.05) is 34.6 Å². The van der Waals surface area contributed by atoms with Crippen molar-refractivity contribution in [3.63, 3.8) is 0 Å². The first-order chi connectivity index (χ1) is 6.99. The molecule has 1 N–H and O–H groups in total. The molecule has 88 valence electrons. The van der Waals surface area contributed by atoms with E-state index in [1.165, 1.54) is 11.3 Å². The third-order valence-electron chi connectivity index (χ3n) is 3.33. The molecule has 2 heteroatoms. The van der Waals surface area contributed by atoms with Crippen molar-refractivity contribution in [1.82, 2.24) is 5.32 Å². The molecule has 0 aromatic carbocycles. The Kier molecular flexibility index (Phi) is 4.21. The first-order valence-corrected chi connectivity index (χ1v) is 6.06. The van der Waals surface area contributed by atoms with Crippen LogP contribution in [0.2, 0.25) is 0 Å². The van der Waals surface area contributed by atoms with Crippen LogP contribution in [0.3, 0.4) is 0 Å². The van der Waals surface area contributed by atoms with Crippen LogP contribution < -0.4 is 5.32 Å². The summed E-state index contributed by atoms with van der Waals surface area (Å²) >= 11 is 0. The van der Waals surface area contributed by atoms with Crippen molar-refractivity contribution in [2.75, 3.05) is 19.7 Å². The lowest BCUT2D eigenvalue weighted by molar-refractivity contribution is 0.143. The van der Waals surface area contributed by atoms with Gasteiger partial charge in [0.1, 0.15) is 12.4 Å². The largest absolute Gasteiger partial charge is 0.496 e. The molecule has 1 aliphatic heterocycles. The average Bonchev–Trinajstić information content (AvgIpc) is 2.42. The SMILES string of the molecule is CCC(C)(C)C1=C(C(C)C)CNCCO1. The standard InChI is InChI=1S/C13H25NO/c1-6-13(4,5)12-11(10(2)3)9-14-7-8-15-12/h10,14H,6-9H2,1-5H3. The smallest absolute Gasteiger partial charge is 0.102 e. The Morgan fingerprint density at radius 2 is 2.07 bits per heavy atom. The minimum atomic E-state index is 0.172. The fraction of sp³-hybridized carbons (Fsp3) is 0.846. The van der Waals surface area contributed by atoms with E-state index >= 15 is 0 Å². The number of allylic oxidation sites excluding steroid dienone is 1. The molecular weight excluding hydrogens is 186 g/mol. The highest BCUT2D eigenvalue weighted by atomic mass is 16.5. The Morgan fingerprint density at radius 1 is 1.40 bits per heavy atom. The Bertz CT molecular complexity index is 241. The lowest BCUT2D eigenvalue weighted by Gasteiger charge is -2.29. The van der Waals surface area contributed by atoms with E-state index in [1.54, 1.807) is 0 Å². The van der Waals surface area contributed by atoms with Gasteiger partial charge >= 0.3 is 0 Å². The Morgan fingerprint density at radius 3 is 2.60 bits per heavy atom. The van der Waals surface area contributed by atoms with Gasteiger partial charge in [-0.2, -0.15) is 0 Å². The molecule has 1 aliphatic rings. The van der Waals surface area contributed by atoms with E-state index < -0.39 is 0 Å². The van der Waals surface area contributed by atoms with Crippen molar-refractivity contribution in [3.8, 4) is 0 Å². The maximum absolute atomic E-state index is 5.95. The number of rotatable bonds is 3. The van der Waals surface area contributed by atoms with Crippen LogP contribution in [-0.2, 0) is 4.74 Å². The first kappa shape index (κ1) is 12.6. The topological polar surface area (TPSA) is 21.3 Å². The highest BCUT2D eigenvalue weighted by Crippen LogP contribution is 2.35. The van der Waals surface area contributed by atoms with E-state index in [4.69, 9.17) is 4.74 Å². The van der Waals surface area contributed by atoms with Crippen molar-refractivity contribution < 1.29 is 4.74 Å². The molecule has 0 radical (unpaired) electrons. The second kappa shape index (κ2) is 5.02. The Labute approximate surface area is 94.1 Å². The van der Waals surface area contributed by atoms with Gasteiger partial charge < -0.3 is 10.1 Å². The van der Waals surface area contributed by atoms with Crippen LogP contribution in [0.1, 0.15) is 41.0 Å². The molecule has 0 atom stereocenters. The summed E-state index contributed by atoms with van der Waals surface area (Å²) in [5, 5.41) is 3.42. The summed E-state index contributed by atoms with van der Waals surface area (Å²) in [6.07, 6.45) is 1.12. The number of hydrogen-bond acceptors (Lipinski definition) is 2. The number of ether oxygens (including phenoxy) is 1. The predicted molar refractivity (Wildman–Crippen MR) is 64.8 cm³/mol. The summed E-state index contributed by atoms with van der Waals surface area (Å²) < 4.78 is 5.95. The zero-order valence-corrected chi connectivity index (χ0v) is 10.8. The summed E-state index contributed by atoms with van der Waals surface area (Å²) in [5.41, 5.74) is 1.62. The van der Waals surface area contributed by atoms with Gasteiger partial charge in [-0.15, -0.1) is 0 Å². The lowest BCUT2D eigenvalue weighted by atomic mass is 9.83. The monoisotopic (exact) mass is 211 g/mol. The summed E-state index contributed by atoms with van der Waals surface area (Å²) in [7, 11) is 0. The van der Waals surface area contributed by atoms with Gasteiger partial charge in [-0.25, -0.2) is 0 Å². The fourth-order valence-electron chi connectivity index (χ4n) is 1.88. The molecule has 0 unspecified atom stereocenters. The van der Waals surface area contributed by atoms with E-state index in [2.05, 4.69) is 39.9 Å². The Hall–Kier alpha value is -0.500. The van der Waals surface area contributed by atoms with Crippen molar-refractivity contribution in [2.45, 2.75) is 41.0 Å². The van der Waals surface area contributed by atoms with E-state index in [0.717, 1.165) is 26.1 Å². The Balaban J connectivity index is 3.03. The van der Waals surface area contributed by atoms with Gasteiger partial charge in [0.15, 0.2) is 0 Å². The van der Waals surface area contributed by atoms with Gasteiger partial charge in [-0.3, -0.25) is 0 Å². The molecule has 1 rings (SSSR count). The predicted octanol–water partition coefficient (Wildman–Crippen LogP) is 2.95. The highest BCUT2D eigenvalue weighted by Gasteiger charge is 2.28. The first-order valence-electron chi connectivity index (χ1n) is 6.06. The van der Waals surface area contributed by atoms with Gasteiger partial charge in [0, 0.05) is 18.5 Å². The van der Waals surface area contributed by atoms with E-state index in [0.29, 0.717) is 5.92 Å². The van der Waals surface area contributed by atoms with Crippen LogP contribution in [0.15, 0.2) is 11.3 Å². The van der Waals surface area contributed by atoms with E-state index in [-0.39, 0.29) is 5.41 Å². The molecule has 0 amide bonds. The molecule has 0 aromatic rings. The third-order valence-corrected chi connectivity index (χ3v) is 3.33. The molecule has 1 heterocycles. The van der Waals surface area contributed by atoms with Crippen molar-refractivity contribution in [2.24, 2.45) is 11.3 Å². The summed E-state index contributed by atoms with van der Waals surface area (Å²) in [4.78, 5) is 0. The summed E-state index contributed by atoms with van der Waals surface area (Å²) in [6.45, 7) is 14.0. The number of hydrogen-bond donors (Lipinski definition) is 1. The van der Waals surface area contributed by atoms with Crippen molar-refractivity contribution in [3.05, 3.63) is 11.3 Å². The quantitative estimate of drug-likeness (QED) is 0.775. The van der Waals surface area contributed by atoms with Crippen LogP contribution in [0.4, 0.5) is 0 Å². The van der Waals surface area contributed by atoms with E-state index in [1.807, 2.05) is 0 Å².